The van der Waals surface area contributed by atoms with Crippen LogP contribution in [-0.2, 0) is 26.3 Å². The van der Waals surface area contributed by atoms with Crippen LogP contribution in [0.1, 0.15) is 29.4 Å². The first-order valence-corrected chi connectivity index (χ1v) is 8.41. The Balaban J connectivity index is 1.82. The van der Waals surface area contributed by atoms with Gasteiger partial charge >= 0.3 is 6.18 Å². The van der Waals surface area contributed by atoms with E-state index in [9.17, 15) is 13.2 Å². The second-order valence-electron chi connectivity index (χ2n) is 5.66. The second kappa shape index (κ2) is 6.12. The largest absolute Gasteiger partial charge is 0.487 e. The SMILES string of the molecule is CCc1csc2cc(OCc3cc(C(F)(F)F)nn3C)cc(C)c12. The van der Waals surface area contributed by atoms with Gasteiger partial charge in [-0.15, -0.1) is 11.3 Å². The first kappa shape index (κ1) is 16.8. The predicted octanol–water partition coefficient (Wildman–Crippen LogP) is 5.10. The molecule has 0 saturated heterocycles. The molecule has 7 heteroatoms. The lowest BCUT2D eigenvalue weighted by atomic mass is 10.1. The predicted molar refractivity (Wildman–Crippen MR) is 88.5 cm³/mol. The molecule has 0 N–H and O–H groups in total. The number of benzene rings is 1. The summed E-state index contributed by atoms with van der Waals surface area (Å²) in [6.45, 7) is 4.18. The van der Waals surface area contributed by atoms with Crippen LogP contribution in [0.15, 0.2) is 23.6 Å². The third-order valence-electron chi connectivity index (χ3n) is 3.96. The zero-order valence-electron chi connectivity index (χ0n) is 13.6. The van der Waals surface area contributed by atoms with Gasteiger partial charge in [-0.3, -0.25) is 4.68 Å². The van der Waals surface area contributed by atoms with Gasteiger partial charge in [0.05, 0.1) is 5.69 Å². The monoisotopic (exact) mass is 354 g/mol. The van der Waals surface area contributed by atoms with E-state index in [1.807, 2.05) is 19.1 Å². The number of hydrogen-bond acceptors (Lipinski definition) is 3. The van der Waals surface area contributed by atoms with Crippen molar-refractivity contribution in [2.75, 3.05) is 0 Å². The smallest absolute Gasteiger partial charge is 0.435 e. The Kier molecular flexibility index (Phi) is 4.29. The van der Waals surface area contributed by atoms with Crippen LogP contribution in [0.4, 0.5) is 13.2 Å². The van der Waals surface area contributed by atoms with Crippen LogP contribution in [0, 0.1) is 6.92 Å². The number of aryl methyl sites for hydroxylation is 3. The number of ether oxygens (including phenoxy) is 1. The van der Waals surface area contributed by atoms with E-state index in [-0.39, 0.29) is 6.61 Å². The maximum atomic E-state index is 12.7. The summed E-state index contributed by atoms with van der Waals surface area (Å²) in [7, 11) is 1.48. The maximum absolute atomic E-state index is 12.7. The summed E-state index contributed by atoms with van der Waals surface area (Å²) in [5.41, 5.74) is 1.89. The van der Waals surface area contributed by atoms with Crippen molar-refractivity contribution in [3.05, 3.63) is 46.1 Å². The number of fused-ring (bicyclic) bond motifs is 1. The lowest BCUT2D eigenvalue weighted by Gasteiger charge is -2.09. The fourth-order valence-electron chi connectivity index (χ4n) is 2.70. The number of halogens is 3. The molecule has 0 saturated carbocycles. The summed E-state index contributed by atoms with van der Waals surface area (Å²) in [6, 6.07) is 4.88. The van der Waals surface area contributed by atoms with Crippen molar-refractivity contribution in [1.82, 2.24) is 9.78 Å². The highest BCUT2D eigenvalue weighted by Gasteiger charge is 2.34. The summed E-state index contributed by atoms with van der Waals surface area (Å²) in [5.74, 6) is 0.652. The van der Waals surface area contributed by atoms with E-state index in [2.05, 4.69) is 17.4 Å². The number of rotatable bonds is 4. The molecule has 3 rings (SSSR count). The van der Waals surface area contributed by atoms with Crippen molar-refractivity contribution in [3.63, 3.8) is 0 Å². The average molecular weight is 354 g/mol. The minimum absolute atomic E-state index is 0.0382. The highest BCUT2D eigenvalue weighted by atomic mass is 32.1. The summed E-state index contributed by atoms with van der Waals surface area (Å²) in [4.78, 5) is 0. The Hall–Kier alpha value is -2.02. The minimum Gasteiger partial charge on any atom is -0.487 e. The van der Waals surface area contributed by atoms with Gasteiger partial charge in [0, 0.05) is 11.7 Å². The first-order chi connectivity index (χ1) is 11.3. The van der Waals surface area contributed by atoms with E-state index < -0.39 is 11.9 Å². The molecule has 0 bridgehead atoms. The summed E-state index contributed by atoms with van der Waals surface area (Å²) in [6.07, 6.45) is -3.48. The molecule has 1 aromatic carbocycles. The van der Waals surface area contributed by atoms with Crippen molar-refractivity contribution in [1.29, 1.82) is 0 Å². The van der Waals surface area contributed by atoms with E-state index in [0.717, 1.165) is 22.8 Å². The molecule has 3 nitrogen and oxygen atoms in total. The molecule has 0 atom stereocenters. The molecule has 0 amide bonds. The van der Waals surface area contributed by atoms with E-state index in [1.54, 1.807) is 11.3 Å². The molecule has 3 aromatic rings. The van der Waals surface area contributed by atoms with Crippen LogP contribution in [-0.4, -0.2) is 9.78 Å². The van der Waals surface area contributed by atoms with Crippen LogP contribution in [0.2, 0.25) is 0 Å². The third kappa shape index (κ3) is 3.13. The molecule has 2 aromatic heterocycles. The minimum atomic E-state index is -4.45. The third-order valence-corrected chi connectivity index (χ3v) is 4.94. The number of aromatic nitrogens is 2. The molecule has 0 spiro atoms. The molecule has 2 heterocycles. The van der Waals surface area contributed by atoms with Crippen LogP contribution >= 0.6 is 11.3 Å². The van der Waals surface area contributed by atoms with Gasteiger partial charge in [-0.2, -0.15) is 18.3 Å². The Labute approximate surface area is 141 Å². The molecule has 0 radical (unpaired) electrons. The van der Waals surface area contributed by atoms with Gasteiger partial charge in [-0.25, -0.2) is 0 Å². The van der Waals surface area contributed by atoms with Crippen molar-refractivity contribution < 1.29 is 17.9 Å². The fourth-order valence-corrected chi connectivity index (χ4v) is 3.85. The Morgan fingerprint density at radius 2 is 2.00 bits per heavy atom. The Morgan fingerprint density at radius 3 is 2.62 bits per heavy atom. The van der Waals surface area contributed by atoms with E-state index in [1.165, 1.54) is 22.7 Å². The number of alkyl halides is 3. The van der Waals surface area contributed by atoms with Gasteiger partial charge < -0.3 is 4.74 Å². The fraction of sp³-hybridized carbons (Fsp3) is 0.353. The highest BCUT2D eigenvalue weighted by molar-refractivity contribution is 7.17. The molecular formula is C17H17F3N2OS. The number of thiophene rings is 1. The average Bonchev–Trinajstić information content (AvgIpc) is 3.08. The Bertz CT molecular complexity index is 880. The maximum Gasteiger partial charge on any atom is 0.435 e. The molecule has 0 aliphatic heterocycles. The van der Waals surface area contributed by atoms with Crippen LogP contribution in [0.5, 0.6) is 5.75 Å². The van der Waals surface area contributed by atoms with Crippen molar-refractivity contribution in [2.24, 2.45) is 7.05 Å². The van der Waals surface area contributed by atoms with Gasteiger partial charge in [0.1, 0.15) is 12.4 Å². The molecule has 0 unspecified atom stereocenters. The van der Waals surface area contributed by atoms with Gasteiger partial charge in [0.15, 0.2) is 5.69 Å². The van der Waals surface area contributed by atoms with Gasteiger partial charge in [-0.1, -0.05) is 6.92 Å². The lowest BCUT2D eigenvalue weighted by Crippen LogP contribution is -2.06. The zero-order chi connectivity index (χ0) is 17.5. The molecule has 0 fully saturated rings. The van der Waals surface area contributed by atoms with Crippen molar-refractivity contribution in [3.8, 4) is 5.75 Å². The van der Waals surface area contributed by atoms with Gasteiger partial charge in [-0.05, 0) is 53.4 Å². The van der Waals surface area contributed by atoms with Crippen LogP contribution in [0.25, 0.3) is 10.1 Å². The summed E-state index contributed by atoms with van der Waals surface area (Å²) >= 11 is 1.65. The molecule has 0 aliphatic rings. The van der Waals surface area contributed by atoms with Crippen molar-refractivity contribution in [2.45, 2.75) is 33.1 Å². The number of hydrogen-bond donors (Lipinski definition) is 0. The topological polar surface area (TPSA) is 27.1 Å². The normalized spacial score (nSPS) is 12.1. The second-order valence-corrected chi connectivity index (χ2v) is 6.57. The van der Waals surface area contributed by atoms with E-state index in [0.29, 0.717) is 11.4 Å². The molecule has 0 aliphatic carbocycles. The van der Waals surface area contributed by atoms with Gasteiger partial charge in [0.25, 0.3) is 0 Å². The molecule has 24 heavy (non-hydrogen) atoms. The summed E-state index contributed by atoms with van der Waals surface area (Å²) < 4.78 is 46.1. The van der Waals surface area contributed by atoms with Crippen LogP contribution < -0.4 is 4.74 Å². The number of nitrogens with zero attached hydrogens (tertiary/aromatic N) is 2. The van der Waals surface area contributed by atoms with Crippen molar-refractivity contribution >= 4 is 21.4 Å². The Morgan fingerprint density at radius 1 is 1.25 bits per heavy atom. The lowest BCUT2D eigenvalue weighted by molar-refractivity contribution is -0.141. The van der Waals surface area contributed by atoms with E-state index in [4.69, 9.17) is 4.74 Å². The molecule has 128 valence electrons. The highest BCUT2D eigenvalue weighted by Crippen LogP contribution is 2.33. The summed E-state index contributed by atoms with van der Waals surface area (Å²) in [5, 5.41) is 6.87. The first-order valence-electron chi connectivity index (χ1n) is 7.53. The van der Waals surface area contributed by atoms with E-state index >= 15 is 0 Å². The standard InChI is InChI=1S/C17H17F3N2OS/c1-4-11-9-24-14-7-13(5-10(2)16(11)14)23-8-12-6-15(17(18,19)20)21-22(12)3/h5-7,9H,4,8H2,1-3H3. The zero-order valence-corrected chi connectivity index (χ0v) is 14.4. The molecular weight excluding hydrogens is 337 g/mol. The van der Waals surface area contributed by atoms with Gasteiger partial charge in [0.2, 0.25) is 0 Å². The quantitative estimate of drug-likeness (QED) is 0.651. The van der Waals surface area contributed by atoms with Crippen LogP contribution in [0.3, 0.4) is 0 Å².